The molecule has 0 radical (unpaired) electrons. The third kappa shape index (κ3) is 6.95. The molecule has 80 heavy (non-hydrogen) atoms. The summed E-state index contributed by atoms with van der Waals surface area (Å²) in [6.45, 7) is 0. The smallest absolute Gasteiger partial charge is 0.165 e. The van der Waals surface area contributed by atoms with E-state index in [0.29, 0.717) is 45.9 Å². The van der Waals surface area contributed by atoms with E-state index in [1.807, 2.05) is 0 Å². The fourth-order valence-corrected chi connectivity index (χ4v) is 12.3. The summed E-state index contributed by atoms with van der Waals surface area (Å²) in [4.78, 5) is 41.1. The van der Waals surface area contributed by atoms with E-state index in [0.717, 1.165) is 131 Å². The second-order valence-corrected chi connectivity index (χ2v) is 20.8. The topological polar surface area (TPSA) is 109 Å². The van der Waals surface area contributed by atoms with E-state index < -0.39 is 0 Å². The minimum Gasteiger partial charge on any atom is -0.324 e. The molecule has 0 unspecified atom stereocenters. The number of nitrogens with one attached hydrogen (secondary N) is 2. The van der Waals surface area contributed by atoms with Gasteiger partial charge in [0.05, 0.1) is 0 Å². The van der Waals surface area contributed by atoms with Gasteiger partial charge in [-0.15, -0.1) is 0 Å². The van der Waals surface area contributed by atoms with Gasteiger partial charge in [-0.3, -0.25) is 0 Å². The van der Waals surface area contributed by atoms with Gasteiger partial charge in [0.2, 0.25) is 0 Å². The molecule has 3 aromatic heterocycles. The third-order valence-electron chi connectivity index (χ3n) is 16.2. The van der Waals surface area contributed by atoms with Crippen LogP contribution in [-0.2, 0) is 0 Å². The van der Waals surface area contributed by atoms with Crippen molar-refractivity contribution >= 4 is 87.2 Å². The molecular formula is C72H42N8. The average molecular weight is 1020 g/mol. The lowest BCUT2D eigenvalue weighted by atomic mass is 9.95. The van der Waals surface area contributed by atoms with Crippen LogP contribution in [0.3, 0.4) is 0 Å². The molecule has 17 rings (SSSR count). The first-order valence-corrected chi connectivity index (χ1v) is 26.9. The molecule has 0 spiro atoms. The zero-order valence-corrected chi connectivity index (χ0v) is 42.8. The van der Waals surface area contributed by atoms with Crippen molar-refractivity contribution in [2.45, 2.75) is 0 Å². The van der Waals surface area contributed by atoms with Crippen LogP contribution in [-0.4, -0.2) is 39.9 Å². The van der Waals surface area contributed by atoms with Crippen molar-refractivity contribution < 1.29 is 0 Å². The maximum Gasteiger partial charge on any atom is 0.165 e. The number of rotatable bonds is 4. The Balaban J connectivity index is 1.04. The highest BCUT2D eigenvalue weighted by molar-refractivity contribution is 6.21. The number of aromatic amines is 2. The molecule has 12 aromatic carbocycles. The number of hydrogen-bond acceptors (Lipinski definition) is 6. The summed E-state index contributed by atoms with van der Waals surface area (Å²) in [6, 6.07) is 85.9. The number of fused-ring (bicyclic) bond motifs is 28. The van der Waals surface area contributed by atoms with Gasteiger partial charge in [0.15, 0.2) is 23.3 Å². The SMILES string of the molecule is c1ccc(-c2ccc3ccc4c(c3c2)-c2nc-4nc3[nH]c(nc4nc(nc5[nH]c(n2)c2c6cc(-c7ccccc7)ccc6ccc52)-c2ccc5ccc(-c6ccccc6)cc5c2-4)c2c4cc(-c5ccccc5)ccc4ccc32)cc1. The molecular weight excluding hydrogens is 977 g/mol. The highest BCUT2D eigenvalue weighted by atomic mass is 15.1. The highest BCUT2D eigenvalue weighted by Crippen LogP contribution is 2.45. The molecule has 2 aliphatic heterocycles. The molecule has 8 heteroatoms. The van der Waals surface area contributed by atoms with Gasteiger partial charge < -0.3 is 9.97 Å². The number of aromatic nitrogens is 8. The Bertz CT molecular complexity index is 4950. The lowest BCUT2D eigenvalue weighted by Crippen LogP contribution is -1.87. The first kappa shape index (κ1) is 44.2. The number of nitrogens with zero attached hydrogens (tertiary/aromatic N) is 6. The van der Waals surface area contributed by atoms with Gasteiger partial charge in [-0.05, 0) is 136 Å². The Morgan fingerprint density at radius 1 is 0.212 bits per heavy atom. The fourth-order valence-electron chi connectivity index (χ4n) is 12.3. The van der Waals surface area contributed by atoms with Crippen LogP contribution < -0.4 is 0 Å². The van der Waals surface area contributed by atoms with Crippen molar-refractivity contribution in [1.29, 1.82) is 0 Å². The first-order chi connectivity index (χ1) is 39.6. The van der Waals surface area contributed by atoms with Crippen molar-refractivity contribution in [2.24, 2.45) is 0 Å². The maximum atomic E-state index is 5.68. The Morgan fingerprint density at radius 2 is 0.512 bits per heavy atom. The molecule has 370 valence electrons. The van der Waals surface area contributed by atoms with Crippen LogP contribution in [0.4, 0.5) is 0 Å². The van der Waals surface area contributed by atoms with Gasteiger partial charge >= 0.3 is 0 Å². The van der Waals surface area contributed by atoms with Crippen molar-refractivity contribution in [3.8, 4) is 90.1 Å². The quantitative estimate of drug-likeness (QED) is 0.182. The lowest BCUT2D eigenvalue weighted by molar-refractivity contribution is 1.19. The normalized spacial score (nSPS) is 12.0. The van der Waals surface area contributed by atoms with Crippen molar-refractivity contribution in [3.63, 3.8) is 0 Å². The number of H-pyrrole nitrogens is 2. The molecule has 0 saturated carbocycles. The summed E-state index contributed by atoms with van der Waals surface area (Å²) < 4.78 is 0. The molecule has 0 fully saturated rings. The van der Waals surface area contributed by atoms with E-state index in [4.69, 9.17) is 29.9 Å². The van der Waals surface area contributed by atoms with Gasteiger partial charge in [0.25, 0.3) is 0 Å². The summed E-state index contributed by atoms with van der Waals surface area (Å²) in [5.74, 6) is 2.18. The van der Waals surface area contributed by atoms with Crippen LogP contribution in [0, 0.1) is 0 Å². The number of hydrogen-bond donors (Lipinski definition) is 2. The largest absolute Gasteiger partial charge is 0.324 e. The van der Waals surface area contributed by atoms with Crippen molar-refractivity contribution in [3.05, 3.63) is 243 Å². The summed E-state index contributed by atoms with van der Waals surface area (Å²) in [5.41, 5.74) is 15.0. The van der Waals surface area contributed by atoms with Crippen LogP contribution in [0.2, 0.25) is 0 Å². The van der Waals surface area contributed by atoms with Gasteiger partial charge in [-0.2, -0.15) is 0 Å². The predicted molar refractivity (Wildman–Crippen MR) is 328 cm³/mol. The van der Waals surface area contributed by atoms with Crippen LogP contribution >= 0.6 is 0 Å². The van der Waals surface area contributed by atoms with Crippen LogP contribution in [0.1, 0.15) is 0 Å². The molecule has 2 aliphatic rings. The second-order valence-electron chi connectivity index (χ2n) is 20.8. The van der Waals surface area contributed by atoms with Crippen LogP contribution in [0.5, 0.6) is 0 Å². The molecule has 0 amide bonds. The fraction of sp³-hybridized carbons (Fsp3) is 0. The van der Waals surface area contributed by atoms with Gasteiger partial charge in [0, 0.05) is 43.8 Å². The van der Waals surface area contributed by atoms with E-state index >= 15 is 0 Å². The van der Waals surface area contributed by atoms with Gasteiger partial charge in [-0.25, -0.2) is 29.9 Å². The Hall–Kier alpha value is -11.0. The summed E-state index contributed by atoms with van der Waals surface area (Å²) in [5, 5.41) is 12.1. The Morgan fingerprint density at radius 3 is 0.875 bits per heavy atom. The van der Waals surface area contributed by atoms with Crippen molar-refractivity contribution in [1.82, 2.24) is 39.9 Å². The molecule has 0 aliphatic carbocycles. The Kier molecular flexibility index (Phi) is 9.54. The summed E-state index contributed by atoms with van der Waals surface area (Å²) in [6.07, 6.45) is 0. The van der Waals surface area contributed by atoms with E-state index in [-0.39, 0.29) is 0 Å². The third-order valence-corrected chi connectivity index (χ3v) is 16.2. The van der Waals surface area contributed by atoms with Gasteiger partial charge in [-0.1, -0.05) is 194 Å². The zero-order valence-electron chi connectivity index (χ0n) is 42.8. The molecule has 8 bridgehead atoms. The molecule has 5 heterocycles. The lowest BCUT2D eigenvalue weighted by Gasteiger charge is -2.08. The monoisotopic (exact) mass is 1020 g/mol. The molecule has 8 nitrogen and oxygen atoms in total. The predicted octanol–water partition coefficient (Wildman–Crippen LogP) is 18.1. The zero-order chi connectivity index (χ0) is 52.4. The van der Waals surface area contributed by atoms with E-state index in [1.54, 1.807) is 0 Å². The molecule has 2 N–H and O–H groups in total. The molecule has 0 saturated heterocycles. The van der Waals surface area contributed by atoms with Gasteiger partial charge in [0.1, 0.15) is 22.6 Å². The molecule has 15 aromatic rings. The van der Waals surface area contributed by atoms with E-state index in [1.165, 1.54) is 0 Å². The summed E-state index contributed by atoms with van der Waals surface area (Å²) >= 11 is 0. The van der Waals surface area contributed by atoms with Crippen molar-refractivity contribution in [2.75, 3.05) is 0 Å². The number of benzene rings is 12. The Labute approximate surface area is 457 Å². The van der Waals surface area contributed by atoms with Crippen LogP contribution in [0.15, 0.2) is 243 Å². The van der Waals surface area contributed by atoms with E-state index in [9.17, 15) is 0 Å². The maximum absolute atomic E-state index is 5.68. The van der Waals surface area contributed by atoms with E-state index in [2.05, 4.69) is 253 Å². The average Bonchev–Trinajstić information content (AvgIpc) is 4.28. The minimum atomic E-state index is 0.543. The molecule has 0 atom stereocenters. The second kappa shape index (κ2) is 17.3. The highest BCUT2D eigenvalue weighted by Gasteiger charge is 2.27. The first-order valence-electron chi connectivity index (χ1n) is 26.9. The summed E-state index contributed by atoms with van der Waals surface area (Å²) in [7, 11) is 0. The standard InChI is InChI=1S/C72H42N8/c1-5-13-41(14-6-1)49-25-21-45-29-33-53-61(57(45)37-49)69-75-65(53)73-66-55-35-31-47-23-27-51(43-17-9-3-10-18-43)39-59(47)63(55)71(77-66)80-72-64-56(36-32-48-24-28-52(40-60(48)64)44-19-11-4-12-20-44)68(78-72)74-67-54-34-30-46-22-26-50(42-15-7-2-8-16-42)38-58(46)62(54)70(76-67)79-69/h1-40H,(H2,73,74,75,76,77,78,79,80). The minimum absolute atomic E-state index is 0.543. The van der Waals surface area contributed by atoms with Crippen LogP contribution in [0.25, 0.3) is 177 Å².